The lowest BCUT2D eigenvalue weighted by Gasteiger charge is -2.57. The quantitative estimate of drug-likeness (QED) is 0.676. The smallest absolute Gasteiger partial charge is 0.306 e. The minimum Gasteiger partial charge on any atom is -0.456 e. The lowest BCUT2D eigenvalue weighted by atomic mass is 9.48. The monoisotopic (exact) mass is 356 g/mol. The number of esters is 1. The van der Waals surface area contributed by atoms with Gasteiger partial charge < -0.3 is 9.84 Å². The lowest BCUT2D eigenvalue weighted by molar-refractivity contribution is -0.179. The molecular formula is C22H28O4. The summed E-state index contributed by atoms with van der Waals surface area (Å²) in [6.45, 7) is 4.57. The van der Waals surface area contributed by atoms with Gasteiger partial charge in [0, 0.05) is 24.7 Å². The van der Waals surface area contributed by atoms with E-state index in [1.54, 1.807) is 0 Å². The van der Waals surface area contributed by atoms with Crippen molar-refractivity contribution in [2.24, 2.45) is 28.6 Å². The predicted octanol–water partition coefficient (Wildman–Crippen LogP) is 3.34. The van der Waals surface area contributed by atoms with Gasteiger partial charge in [-0.25, -0.2) is 0 Å². The van der Waals surface area contributed by atoms with Crippen LogP contribution in [0.5, 0.6) is 0 Å². The van der Waals surface area contributed by atoms with Gasteiger partial charge in [-0.15, -0.1) is 0 Å². The molecule has 3 fully saturated rings. The second kappa shape index (κ2) is 5.09. The summed E-state index contributed by atoms with van der Waals surface area (Å²) < 4.78 is 5.85. The highest BCUT2D eigenvalue weighted by atomic mass is 16.6. The van der Waals surface area contributed by atoms with Crippen LogP contribution in [-0.4, -0.2) is 28.6 Å². The van der Waals surface area contributed by atoms with Crippen molar-refractivity contribution in [3.8, 4) is 0 Å². The second-order valence-electron chi connectivity index (χ2n) is 9.70. The number of rotatable bonds is 0. The van der Waals surface area contributed by atoms with Crippen LogP contribution >= 0.6 is 0 Å². The second-order valence-corrected chi connectivity index (χ2v) is 9.70. The molecule has 0 aromatic rings. The van der Waals surface area contributed by atoms with E-state index >= 15 is 0 Å². The molecule has 4 nitrogen and oxygen atoms in total. The van der Waals surface area contributed by atoms with Gasteiger partial charge in [0.15, 0.2) is 5.78 Å². The molecule has 1 N–H and O–H groups in total. The van der Waals surface area contributed by atoms with Gasteiger partial charge in [0.1, 0.15) is 5.60 Å². The van der Waals surface area contributed by atoms with E-state index in [0.717, 1.165) is 19.3 Å². The van der Waals surface area contributed by atoms with Crippen LogP contribution in [0.1, 0.15) is 58.8 Å². The van der Waals surface area contributed by atoms with Crippen LogP contribution in [0.25, 0.3) is 0 Å². The summed E-state index contributed by atoms with van der Waals surface area (Å²) in [5, 5.41) is 11.0. The molecule has 26 heavy (non-hydrogen) atoms. The van der Waals surface area contributed by atoms with E-state index in [1.165, 1.54) is 5.57 Å². The minimum absolute atomic E-state index is 0.0573. The number of aliphatic hydroxyl groups is 1. The van der Waals surface area contributed by atoms with Crippen molar-refractivity contribution in [2.45, 2.75) is 70.5 Å². The molecule has 7 atom stereocenters. The van der Waals surface area contributed by atoms with E-state index in [-0.39, 0.29) is 22.6 Å². The molecule has 0 amide bonds. The molecule has 0 unspecified atom stereocenters. The average Bonchev–Trinajstić information content (AvgIpc) is 3.10. The van der Waals surface area contributed by atoms with Crippen molar-refractivity contribution >= 4 is 11.8 Å². The zero-order valence-corrected chi connectivity index (χ0v) is 15.7. The molecular weight excluding hydrogens is 328 g/mol. The maximum Gasteiger partial charge on any atom is 0.306 e. The average molecular weight is 356 g/mol. The Morgan fingerprint density at radius 1 is 1.12 bits per heavy atom. The summed E-state index contributed by atoms with van der Waals surface area (Å²) in [5.74, 6) is 1.31. The van der Waals surface area contributed by atoms with Crippen LogP contribution in [0.4, 0.5) is 0 Å². The van der Waals surface area contributed by atoms with E-state index in [4.69, 9.17) is 4.74 Å². The first-order valence-corrected chi connectivity index (χ1v) is 10.1. The molecule has 1 heterocycles. The summed E-state index contributed by atoms with van der Waals surface area (Å²) in [6, 6.07) is 0. The first-order valence-electron chi connectivity index (χ1n) is 10.1. The molecule has 0 aromatic carbocycles. The van der Waals surface area contributed by atoms with E-state index in [2.05, 4.69) is 26.0 Å². The molecule has 140 valence electrons. The zero-order valence-electron chi connectivity index (χ0n) is 15.7. The zero-order chi connectivity index (χ0) is 18.3. The molecule has 0 aromatic heterocycles. The third kappa shape index (κ3) is 1.84. The number of allylic oxidation sites excluding steroid dienone is 4. The van der Waals surface area contributed by atoms with Crippen LogP contribution in [0.15, 0.2) is 23.8 Å². The summed E-state index contributed by atoms with van der Waals surface area (Å²) in [6.07, 6.45) is 11.2. The van der Waals surface area contributed by atoms with Gasteiger partial charge in [-0.1, -0.05) is 26.0 Å². The van der Waals surface area contributed by atoms with Gasteiger partial charge in [0.25, 0.3) is 0 Å². The normalized spacial score (nSPS) is 52.3. The third-order valence-corrected chi connectivity index (χ3v) is 8.88. The fourth-order valence-corrected chi connectivity index (χ4v) is 7.32. The van der Waals surface area contributed by atoms with E-state index in [0.29, 0.717) is 43.4 Å². The highest BCUT2D eigenvalue weighted by Gasteiger charge is 2.70. The molecule has 0 radical (unpaired) electrons. The number of hydrogen-bond acceptors (Lipinski definition) is 4. The Hall–Kier alpha value is -1.42. The number of hydrogen-bond donors (Lipinski definition) is 1. The third-order valence-electron chi connectivity index (χ3n) is 8.88. The number of aliphatic hydroxyl groups excluding tert-OH is 1. The highest BCUT2D eigenvalue weighted by Crippen LogP contribution is 2.68. The van der Waals surface area contributed by atoms with E-state index in [1.807, 2.05) is 6.08 Å². The maximum absolute atomic E-state index is 11.9. The van der Waals surface area contributed by atoms with E-state index < -0.39 is 11.7 Å². The van der Waals surface area contributed by atoms with Crippen molar-refractivity contribution in [1.82, 2.24) is 0 Å². The lowest BCUT2D eigenvalue weighted by Crippen LogP contribution is -2.55. The van der Waals surface area contributed by atoms with Crippen molar-refractivity contribution in [3.63, 3.8) is 0 Å². The molecule has 5 aliphatic rings. The fraction of sp³-hybridized carbons (Fsp3) is 0.727. The molecule has 1 saturated heterocycles. The van der Waals surface area contributed by atoms with Crippen LogP contribution in [0, 0.1) is 28.6 Å². The Kier molecular flexibility index (Phi) is 3.28. The largest absolute Gasteiger partial charge is 0.456 e. The summed E-state index contributed by atoms with van der Waals surface area (Å²) in [7, 11) is 0. The van der Waals surface area contributed by atoms with Crippen molar-refractivity contribution in [3.05, 3.63) is 23.8 Å². The highest BCUT2D eigenvalue weighted by molar-refractivity contribution is 5.92. The number of ketones is 1. The maximum atomic E-state index is 11.9. The first kappa shape index (κ1) is 16.7. The first-order chi connectivity index (χ1) is 12.3. The van der Waals surface area contributed by atoms with Gasteiger partial charge in [-0.05, 0) is 60.5 Å². The fourth-order valence-electron chi connectivity index (χ4n) is 7.32. The van der Waals surface area contributed by atoms with Crippen LogP contribution in [-0.2, 0) is 14.3 Å². The molecule has 4 aliphatic carbocycles. The van der Waals surface area contributed by atoms with Crippen molar-refractivity contribution in [1.29, 1.82) is 0 Å². The number of carbonyl (C=O) groups is 2. The van der Waals surface area contributed by atoms with Gasteiger partial charge in [-0.2, -0.15) is 0 Å². The summed E-state index contributed by atoms with van der Waals surface area (Å²) >= 11 is 0. The predicted molar refractivity (Wildman–Crippen MR) is 96.1 cm³/mol. The standard InChI is InChI=1S/C22H28O4/c1-20-8-5-14(23)11-13(20)3-4-15-16(20)6-9-21(2)17(15)12-18(24)22(21)10-7-19(25)26-22/h3-4,11,15-18,24H,5-10,12H2,1-2H3/t15-,16+,17+,18+,20+,21+,22+/m1/s1. The molecule has 1 aliphatic heterocycles. The van der Waals surface area contributed by atoms with Crippen LogP contribution in [0.3, 0.4) is 0 Å². The van der Waals surface area contributed by atoms with Gasteiger partial charge in [-0.3, -0.25) is 9.59 Å². The topological polar surface area (TPSA) is 63.6 Å². The van der Waals surface area contributed by atoms with Crippen molar-refractivity contribution < 1.29 is 19.4 Å². The van der Waals surface area contributed by atoms with E-state index in [9.17, 15) is 14.7 Å². The van der Waals surface area contributed by atoms with Crippen LogP contribution < -0.4 is 0 Å². The Balaban J connectivity index is 1.56. The summed E-state index contributed by atoms with van der Waals surface area (Å²) in [4.78, 5) is 23.8. The number of ether oxygens (including phenoxy) is 1. The molecule has 5 rings (SSSR count). The number of carbonyl (C=O) groups excluding carboxylic acids is 2. The number of fused-ring (bicyclic) bond motifs is 6. The Labute approximate surface area is 154 Å². The SMILES string of the molecule is C[C@]12CCC(=O)C=C1C=C[C@@H]1[C@@H]2CC[C@@]2(C)[C@H]1C[C@H](O)[C@@]21CCC(=O)O1. The summed E-state index contributed by atoms with van der Waals surface area (Å²) in [5.41, 5.74) is 0.403. The Morgan fingerprint density at radius 2 is 1.92 bits per heavy atom. The van der Waals surface area contributed by atoms with Gasteiger partial charge in [0.05, 0.1) is 6.10 Å². The van der Waals surface area contributed by atoms with Crippen LogP contribution in [0.2, 0.25) is 0 Å². The van der Waals surface area contributed by atoms with Gasteiger partial charge >= 0.3 is 5.97 Å². The van der Waals surface area contributed by atoms with Gasteiger partial charge in [0.2, 0.25) is 0 Å². The Bertz CT molecular complexity index is 751. The van der Waals surface area contributed by atoms with Crippen molar-refractivity contribution in [2.75, 3.05) is 0 Å². The molecule has 2 saturated carbocycles. The molecule has 4 heteroatoms. The minimum atomic E-state index is -0.687. The Morgan fingerprint density at radius 3 is 2.65 bits per heavy atom. The molecule has 0 bridgehead atoms. The molecule has 1 spiro atoms.